The summed E-state index contributed by atoms with van der Waals surface area (Å²) in [6.07, 6.45) is 0.956. The van der Waals surface area contributed by atoms with Crippen LogP contribution in [0.2, 0.25) is 0 Å². The molecule has 184 valence electrons. The maximum Gasteiger partial charge on any atom is 0.320 e. The fourth-order valence-corrected chi connectivity index (χ4v) is 2.12. The van der Waals surface area contributed by atoms with Crippen molar-refractivity contribution in [2.45, 2.75) is 18.9 Å². The van der Waals surface area contributed by atoms with Gasteiger partial charge in [-0.2, -0.15) is 0 Å². The highest BCUT2D eigenvalue weighted by Gasteiger charge is 2.18. The molecule has 0 saturated heterocycles. The zero-order valence-electron chi connectivity index (χ0n) is 17.3. The van der Waals surface area contributed by atoms with E-state index in [-0.39, 0.29) is 19.0 Å². The molecule has 11 N–H and O–H groups in total. The summed E-state index contributed by atoms with van der Waals surface area (Å²) in [6, 6.07) is -0.820. The average Bonchev–Trinajstić information content (AvgIpc) is 2.61. The van der Waals surface area contributed by atoms with Crippen LogP contribution in [0.1, 0.15) is 12.8 Å². The molecule has 0 radical (unpaired) electrons. The van der Waals surface area contributed by atoms with Gasteiger partial charge in [0.15, 0.2) is 5.96 Å². The van der Waals surface area contributed by atoms with Gasteiger partial charge in [0.1, 0.15) is 6.04 Å². The van der Waals surface area contributed by atoms with Crippen molar-refractivity contribution < 1.29 is 49.5 Å². The van der Waals surface area contributed by atoms with E-state index in [4.69, 9.17) is 42.7 Å². The largest absolute Gasteiger partial charge is 0.480 e. The van der Waals surface area contributed by atoms with Crippen LogP contribution in [0.25, 0.3) is 0 Å². The van der Waals surface area contributed by atoms with Crippen molar-refractivity contribution in [2.24, 2.45) is 22.2 Å². The Bertz CT molecular complexity index is 600. The molecule has 16 heteroatoms. The van der Waals surface area contributed by atoms with Gasteiger partial charge in [-0.25, -0.2) is 0 Å². The summed E-state index contributed by atoms with van der Waals surface area (Å²) in [5.41, 5.74) is 15.3. The van der Waals surface area contributed by atoms with Gasteiger partial charge in [-0.3, -0.25) is 38.8 Å². The van der Waals surface area contributed by atoms with Crippen LogP contribution in [0, 0.1) is 0 Å². The highest BCUT2D eigenvalue weighted by Crippen LogP contribution is 1.95. The molecule has 0 aliphatic heterocycles. The van der Waals surface area contributed by atoms with Crippen LogP contribution < -0.4 is 17.2 Å². The Balaban J connectivity index is 0. The fraction of sp³-hybridized carbons (Fsp3) is 0.625. The van der Waals surface area contributed by atoms with Crippen LogP contribution in [-0.2, 0) is 24.0 Å². The van der Waals surface area contributed by atoms with E-state index in [2.05, 4.69) is 4.99 Å². The van der Waals surface area contributed by atoms with E-state index in [1.807, 2.05) is 0 Å². The Kier molecular flexibility index (Phi) is 16.5. The Morgan fingerprint density at radius 1 is 0.719 bits per heavy atom. The van der Waals surface area contributed by atoms with E-state index in [0.29, 0.717) is 19.4 Å². The van der Waals surface area contributed by atoms with Crippen molar-refractivity contribution in [3.63, 3.8) is 0 Å². The Morgan fingerprint density at radius 3 is 1.31 bits per heavy atom. The van der Waals surface area contributed by atoms with E-state index in [0.717, 1.165) is 9.80 Å². The average molecular weight is 466 g/mol. The standard InChI is InChI=1S/C10H16N2O8.C6H14N4O2/c13-7(14)3-11(4-8(15)16)1-2-12(5-9(17)18)6-10(19)20;7-4(5(11)12)2-1-3-10-6(8)9/h1-6H2,(H,13,14)(H,15,16)(H,17,18)(H,19,20);4H,1-3,7H2,(H,11,12)(H4,8,9,10)/t;4-/m.0/s1. The summed E-state index contributed by atoms with van der Waals surface area (Å²) in [4.78, 5) is 58.3. The summed E-state index contributed by atoms with van der Waals surface area (Å²) >= 11 is 0. The zero-order chi connectivity index (χ0) is 25.3. The third kappa shape index (κ3) is 21.2. The summed E-state index contributed by atoms with van der Waals surface area (Å²) in [5.74, 6) is -5.90. The lowest BCUT2D eigenvalue weighted by Crippen LogP contribution is -2.43. The summed E-state index contributed by atoms with van der Waals surface area (Å²) < 4.78 is 0. The number of guanidine groups is 1. The van der Waals surface area contributed by atoms with Gasteiger partial charge in [0, 0.05) is 19.6 Å². The normalized spacial score (nSPS) is 11.2. The van der Waals surface area contributed by atoms with Gasteiger partial charge >= 0.3 is 29.8 Å². The van der Waals surface area contributed by atoms with Gasteiger partial charge in [0.2, 0.25) is 0 Å². The van der Waals surface area contributed by atoms with E-state index < -0.39 is 62.1 Å². The molecule has 0 aromatic carbocycles. The van der Waals surface area contributed by atoms with Crippen molar-refractivity contribution in [3.8, 4) is 0 Å². The second-order valence-corrected chi connectivity index (χ2v) is 6.39. The number of hydrogen-bond acceptors (Lipinski definition) is 9. The topological polar surface area (TPSA) is 283 Å². The van der Waals surface area contributed by atoms with E-state index >= 15 is 0 Å². The maximum atomic E-state index is 10.6. The predicted octanol–water partition coefficient (Wildman–Crippen LogP) is -3.62. The molecule has 0 aliphatic carbocycles. The SMILES string of the molecule is NC(N)=NCCC[C@H](N)C(=O)O.O=C(O)CN(CCN(CC(=O)O)CC(=O)O)CC(=O)O. The lowest BCUT2D eigenvalue weighted by atomic mass is 10.2. The van der Waals surface area contributed by atoms with Gasteiger partial charge in [0.05, 0.1) is 26.2 Å². The van der Waals surface area contributed by atoms with E-state index in [9.17, 15) is 24.0 Å². The number of hydrogen-bond donors (Lipinski definition) is 8. The molecule has 32 heavy (non-hydrogen) atoms. The molecule has 16 nitrogen and oxygen atoms in total. The number of carboxylic acid groups (broad SMARTS) is 5. The van der Waals surface area contributed by atoms with Gasteiger partial charge in [-0.1, -0.05) is 0 Å². The lowest BCUT2D eigenvalue weighted by Gasteiger charge is -2.23. The number of carbonyl (C=O) groups is 5. The highest BCUT2D eigenvalue weighted by molar-refractivity contribution is 5.75. The number of carboxylic acids is 5. The van der Waals surface area contributed by atoms with Crippen molar-refractivity contribution in [3.05, 3.63) is 0 Å². The number of nitrogens with zero attached hydrogens (tertiary/aromatic N) is 3. The first-order valence-electron chi connectivity index (χ1n) is 9.10. The summed E-state index contributed by atoms with van der Waals surface area (Å²) in [6.45, 7) is -1.83. The Labute approximate surface area is 182 Å². The van der Waals surface area contributed by atoms with Gasteiger partial charge in [0.25, 0.3) is 0 Å². The molecular formula is C16H30N6O10. The molecule has 0 amide bonds. The van der Waals surface area contributed by atoms with Crippen LogP contribution in [0.3, 0.4) is 0 Å². The lowest BCUT2D eigenvalue weighted by molar-refractivity contribution is -0.145. The predicted molar refractivity (Wildman–Crippen MR) is 109 cm³/mol. The molecule has 0 aromatic heterocycles. The van der Waals surface area contributed by atoms with Crippen LogP contribution >= 0.6 is 0 Å². The molecule has 0 aromatic rings. The van der Waals surface area contributed by atoms with Crippen LogP contribution in [-0.4, -0.2) is 123 Å². The quantitative estimate of drug-likeness (QED) is 0.0618. The summed E-state index contributed by atoms with van der Waals surface area (Å²) in [5, 5.41) is 42.8. The minimum atomic E-state index is -1.23. The Morgan fingerprint density at radius 2 is 1.06 bits per heavy atom. The van der Waals surface area contributed by atoms with Crippen molar-refractivity contribution in [1.82, 2.24) is 9.80 Å². The first-order valence-corrected chi connectivity index (χ1v) is 9.10. The van der Waals surface area contributed by atoms with E-state index in [1.54, 1.807) is 0 Å². The molecule has 0 spiro atoms. The molecule has 1 atom stereocenters. The maximum absolute atomic E-state index is 10.6. The van der Waals surface area contributed by atoms with Crippen LogP contribution in [0.4, 0.5) is 0 Å². The first-order chi connectivity index (χ1) is 14.7. The molecule has 0 fully saturated rings. The van der Waals surface area contributed by atoms with Gasteiger partial charge in [-0.15, -0.1) is 0 Å². The highest BCUT2D eigenvalue weighted by atomic mass is 16.4. The fourth-order valence-electron chi connectivity index (χ4n) is 2.12. The molecule has 0 bridgehead atoms. The minimum absolute atomic E-state index is 0.0129. The van der Waals surface area contributed by atoms with Crippen molar-refractivity contribution >= 4 is 35.8 Å². The van der Waals surface area contributed by atoms with Crippen molar-refractivity contribution in [1.29, 1.82) is 0 Å². The second kappa shape index (κ2) is 17.2. The Hall–Kier alpha value is -3.50. The van der Waals surface area contributed by atoms with Crippen LogP contribution in [0.15, 0.2) is 4.99 Å². The molecule has 0 rings (SSSR count). The third-order valence-corrected chi connectivity index (χ3v) is 3.45. The smallest absolute Gasteiger partial charge is 0.320 e. The number of nitrogens with two attached hydrogens (primary N) is 3. The number of rotatable bonds is 16. The van der Waals surface area contributed by atoms with Crippen LogP contribution in [0.5, 0.6) is 0 Å². The first kappa shape index (κ1) is 30.7. The monoisotopic (exact) mass is 466 g/mol. The van der Waals surface area contributed by atoms with Gasteiger partial charge in [-0.05, 0) is 12.8 Å². The third-order valence-electron chi connectivity index (χ3n) is 3.45. The number of aliphatic carboxylic acids is 5. The molecule has 0 aliphatic rings. The summed E-state index contributed by atoms with van der Waals surface area (Å²) in [7, 11) is 0. The zero-order valence-corrected chi connectivity index (χ0v) is 17.3. The molecular weight excluding hydrogens is 436 g/mol. The molecule has 0 unspecified atom stereocenters. The van der Waals surface area contributed by atoms with Gasteiger partial charge < -0.3 is 42.7 Å². The molecule has 0 saturated carbocycles. The molecule has 0 heterocycles. The second-order valence-electron chi connectivity index (χ2n) is 6.39. The van der Waals surface area contributed by atoms with E-state index in [1.165, 1.54) is 0 Å². The minimum Gasteiger partial charge on any atom is -0.480 e. The van der Waals surface area contributed by atoms with Crippen molar-refractivity contribution in [2.75, 3.05) is 45.8 Å². The number of aliphatic imine (C=N–C) groups is 1.